The number of benzene rings is 1. The fourth-order valence-electron chi connectivity index (χ4n) is 3.10. The Morgan fingerprint density at radius 1 is 1.33 bits per heavy atom. The standard InChI is InChI=1S/C13H14O2/c14-12(15)11-6-5-9-3-1-2-4-10(9)13(11)7-8-13/h1-4,11H,5-8H2,(H,14,15). The molecule has 1 unspecified atom stereocenters. The van der Waals surface area contributed by atoms with Crippen LogP contribution >= 0.6 is 0 Å². The summed E-state index contributed by atoms with van der Waals surface area (Å²) in [5.41, 5.74) is 2.68. The van der Waals surface area contributed by atoms with Crippen LogP contribution in [0.3, 0.4) is 0 Å². The molecule has 1 aromatic rings. The number of aliphatic carboxylic acids is 1. The summed E-state index contributed by atoms with van der Waals surface area (Å²) in [5, 5.41) is 9.24. The van der Waals surface area contributed by atoms with E-state index < -0.39 is 5.97 Å². The van der Waals surface area contributed by atoms with Crippen molar-refractivity contribution in [1.29, 1.82) is 0 Å². The van der Waals surface area contributed by atoms with Gasteiger partial charge in [-0.1, -0.05) is 24.3 Å². The molecular weight excluding hydrogens is 188 g/mol. The molecule has 0 bridgehead atoms. The van der Waals surface area contributed by atoms with E-state index in [0.717, 1.165) is 25.7 Å². The Labute approximate surface area is 88.9 Å². The summed E-state index contributed by atoms with van der Waals surface area (Å²) >= 11 is 0. The van der Waals surface area contributed by atoms with Crippen LogP contribution in [0.15, 0.2) is 24.3 Å². The van der Waals surface area contributed by atoms with E-state index in [0.29, 0.717) is 0 Å². The summed E-state index contributed by atoms with van der Waals surface area (Å²) in [7, 11) is 0. The molecule has 0 aromatic heterocycles. The molecule has 0 amide bonds. The van der Waals surface area contributed by atoms with Crippen molar-refractivity contribution in [2.24, 2.45) is 5.92 Å². The Hall–Kier alpha value is -1.31. The van der Waals surface area contributed by atoms with E-state index in [1.165, 1.54) is 11.1 Å². The van der Waals surface area contributed by atoms with Gasteiger partial charge in [-0.2, -0.15) is 0 Å². The highest BCUT2D eigenvalue weighted by molar-refractivity contribution is 5.74. The lowest BCUT2D eigenvalue weighted by Gasteiger charge is -2.31. The molecule has 2 aliphatic carbocycles. The predicted molar refractivity (Wildman–Crippen MR) is 56.8 cm³/mol. The average molecular weight is 202 g/mol. The summed E-state index contributed by atoms with van der Waals surface area (Å²) in [6, 6.07) is 8.35. The average Bonchev–Trinajstić information content (AvgIpc) is 3.00. The van der Waals surface area contributed by atoms with Crippen LogP contribution in [0, 0.1) is 5.92 Å². The van der Waals surface area contributed by atoms with Crippen LogP contribution in [0.1, 0.15) is 30.4 Å². The van der Waals surface area contributed by atoms with Crippen LogP contribution in [0.2, 0.25) is 0 Å². The number of carboxylic acids is 1. The maximum atomic E-state index is 11.2. The molecule has 0 saturated heterocycles. The Morgan fingerprint density at radius 2 is 2.07 bits per heavy atom. The summed E-state index contributed by atoms with van der Waals surface area (Å²) in [5.74, 6) is -0.755. The minimum Gasteiger partial charge on any atom is -0.481 e. The van der Waals surface area contributed by atoms with Gasteiger partial charge in [-0.25, -0.2) is 0 Å². The Bertz CT molecular complexity index is 418. The van der Waals surface area contributed by atoms with E-state index in [1.54, 1.807) is 0 Å². The van der Waals surface area contributed by atoms with Crippen LogP contribution in [-0.2, 0) is 16.6 Å². The number of hydrogen-bond acceptors (Lipinski definition) is 1. The molecule has 15 heavy (non-hydrogen) atoms. The van der Waals surface area contributed by atoms with Crippen molar-refractivity contribution in [3.8, 4) is 0 Å². The van der Waals surface area contributed by atoms with E-state index in [2.05, 4.69) is 18.2 Å². The molecule has 1 N–H and O–H groups in total. The fraction of sp³-hybridized carbons (Fsp3) is 0.462. The molecule has 78 valence electrons. The van der Waals surface area contributed by atoms with E-state index in [9.17, 15) is 9.90 Å². The van der Waals surface area contributed by atoms with Gasteiger partial charge < -0.3 is 5.11 Å². The first-order chi connectivity index (χ1) is 7.24. The highest BCUT2D eigenvalue weighted by atomic mass is 16.4. The highest BCUT2D eigenvalue weighted by Gasteiger charge is 2.55. The second kappa shape index (κ2) is 2.84. The van der Waals surface area contributed by atoms with Crippen molar-refractivity contribution in [2.75, 3.05) is 0 Å². The molecule has 2 heteroatoms. The Kier molecular flexibility index (Phi) is 1.70. The van der Waals surface area contributed by atoms with Crippen molar-refractivity contribution in [2.45, 2.75) is 31.1 Å². The Balaban J connectivity index is 2.10. The minimum atomic E-state index is -0.609. The molecule has 0 heterocycles. The van der Waals surface area contributed by atoms with Gasteiger partial charge in [-0.3, -0.25) is 4.79 Å². The number of fused-ring (bicyclic) bond motifs is 2. The summed E-state index contributed by atoms with van der Waals surface area (Å²) in [6.07, 6.45) is 3.85. The van der Waals surface area contributed by atoms with E-state index >= 15 is 0 Å². The van der Waals surface area contributed by atoms with Crippen molar-refractivity contribution < 1.29 is 9.90 Å². The molecule has 2 nitrogen and oxygen atoms in total. The van der Waals surface area contributed by atoms with Crippen LogP contribution < -0.4 is 0 Å². The lowest BCUT2D eigenvalue weighted by Crippen LogP contribution is -2.33. The van der Waals surface area contributed by atoms with E-state index in [-0.39, 0.29) is 11.3 Å². The number of hydrogen-bond donors (Lipinski definition) is 1. The predicted octanol–water partition coefficient (Wildman–Crippen LogP) is 2.37. The SMILES string of the molecule is O=C(O)C1CCc2ccccc2C12CC2. The molecule has 1 spiro atoms. The van der Waals surface area contributed by atoms with Crippen LogP contribution in [-0.4, -0.2) is 11.1 Å². The third-order valence-corrected chi connectivity index (χ3v) is 4.01. The van der Waals surface area contributed by atoms with Gasteiger partial charge in [0.2, 0.25) is 0 Å². The van der Waals surface area contributed by atoms with Crippen LogP contribution in [0.5, 0.6) is 0 Å². The zero-order valence-corrected chi connectivity index (χ0v) is 8.57. The number of aryl methyl sites for hydroxylation is 1. The third kappa shape index (κ3) is 1.14. The lowest BCUT2D eigenvalue weighted by atomic mass is 9.72. The first-order valence-corrected chi connectivity index (χ1v) is 5.55. The van der Waals surface area contributed by atoms with Crippen LogP contribution in [0.4, 0.5) is 0 Å². The maximum Gasteiger partial charge on any atom is 0.307 e. The van der Waals surface area contributed by atoms with Crippen molar-refractivity contribution >= 4 is 5.97 Å². The zero-order valence-electron chi connectivity index (χ0n) is 8.57. The summed E-state index contributed by atoms with van der Waals surface area (Å²) < 4.78 is 0. The van der Waals surface area contributed by atoms with Gasteiger partial charge in [0.15, 0.2) is 0 Å². The molecule has 1 aromatic carbocycles. The third-order valence-electron chi connectivity index (χ3n) is 4.01. The van der Waals surface area contributed by atoms with Gasteiger partial charge in [-0.15, -0.1) is 0 Å². The van der Waals surface area contributed by atoms with E-state index in [4.69, 9.17) is 0 Å². The van der Waals surface area contributed by atoms with Crippen molar-refractivity contribution in [3.63, 3.8) is 0 Å². The minimum absolute atomic E-state index is 0.000671. The molecule has 2 aliphatic rings. The van der Waals surface area contributed by atoms with Gasteiger partial charge >= 0.3 is 5.97 Å². The molecule has 1 fully saturated rings. The first-order valence-electron chi connectivity index (χ1n) is 5.55. The fourth-order valence-corrected chi connectivity index (χ4v) is 3.10. The molecule has 0 aliphatic heterocycles. The Morgan fingerprint density at radius 3 is 2.73 bits per heavy atom. The maximum absolute atomic E-state index is 11.2. The highest BCUT2D eigenvalue weighted by Crippen LogP contribution is 2.58. The molecule has 1 saturated carbocycles. The normalized spacial score (nSPS) is 26.0. The molecular formula is C13H14O2. The van der Waals surface area contributed by atoms with Gasteiger partial charge in [0.25, 0.3) is 0 Å². The zero-order chi connectivity index (χ0) is 10.5. The quantitative estimate of drug-likeness (QED) is 0.759. The summed E-state index contributed by atoms with van der Waals surface area (Å²) in [6.45, 7) is 0. The molecule has 1 atom stereocenters. The van der Waals surface area contributed by atoms with Gasteiger partial charge in [0.05, 0.1) is 5.92 Å². The largest absolute Gasteiger partial charge is 0.481 e. The second-order valence-electron chi connectivity index (χ2n) is 4.74. The number of carboxylic acid groups (broad SMARTS) is 1. The number of carbonyl (C=O) groups is 1. The van der Waals surface area contributed by atoms with Crippen molar-refractivity contribution in [3.05, 3.63) is 35.4 Å². The topological polar surface area (TPSA) is 37.3 Å². The van der Waals surface area contributed by atoms with E-state index in [1.807, 2.05) is 6.07 Å². The first kappa shape index (κ1) is 8.96. The summed E-state index contributed by atoms with van der Waals surface area (Å²) in [4.78, 5) is 11.2. The monoisotopic (exact) mass is 202 g/mol. The van der Waals surface area contributed by atoms with Gasteiger partial charge in [0, 0.05) is 5.41 Å². The second-order valence-corrected chi connectivity index (χ2v) is 4.74. The van der Waals surface area contributed by atoms with Crippen molar-refractivity contribution in [1.82, 2.24) is 0 Å². The van der Waals surface area contributed by atoms with Crippen LogP contribution in [0.25, 0.3) is 0 Å². The lowest BCUT2D eigenvalue weighted by molar-refractivity contribution is -0.143. The smallest absolute Gasteiger partial charge is 0.307 e. The van der Waals surface area contributed by atoms with Gasteiger partial charge in [0.1, 0.15) is 0 Å². The molecule has 0 radical (unpaired) electrons. The molecule has 3 rings (SSSR count). The number of rotatable bonds is 1. The van der Waals surface area contributed by atoms with Gasteiger partial charge in [-0.05, 0) is 36.8 Å².